The molecule has 1 aliphatic rings. The third-order valence-electron chi connectivity index (χ3n) is 4.41. The standard InChI is InChI=1S/C20H19N5O6/c26-18(19(27)23-21-13-14-5-1-4-8-17(14)25(29)30)22-16-7-3-2-6-15(16)20(28)24-9-11-31-12-10-24/h1-8,13H,9-12H2,(H,22,26)(H,23,27). The molecular weight excluding hydrogens is 406 g/mol. The minimum Gasteiger partial charge on any atom is -0.378 e. The van der Waals surface area contributed by atoms with Gasteiger partial charge in [0, 0.05) is 19.2 Å². The number of nitro groups is 1. The van der Waals surface area contributed by atoms with Crippen molar-refractivity contribution in [2.24, 2.45) is 5.10 Å². The Labute approximate surface area is 176 Å². The highest BCUT2D eigenvalue weighted by Crippen LogP contribution is 2.18. The lowest BCUT2D eigenvalue weighted by atomic mass is 10.1. The van der Waals surface area contributed by atoms with E-state index >= 15 is 0 Å². The fraction of sp³-hybridized carbons (Fsp3) is 0.200. The van der Waals surface area contributed by atoms with Gasteiger partial charge in [0.15, 0.2) is 0 Å². The second-order valence-electron chi connectivity index (χ2n) is 6.42. The van der Waals surface area contributed by atoms with E-state index in [4.69, 9.17) is 4.74 Å². The van der Waals surface area contributed by atoms with Gasteiger partial charge in [-0.3, -0.25) is 24.5 Å². The summed E-state index contributed by atoms with van der Waals surface area (Å²) in [5.74, 6) is -2.42. The Morgan fingerprint density at radius 1 is 1.03 bits per heavy atom. The van der Waals surface area contributed by atoms with Crippen LogP contribution in [0.2, 0.25) is 0 Å². The van der Waals surface area contributed by atoms with E-state index in [1.807, 2.05) is 5.43 Å². The smallest absolute Gasteiger partial charge is 0.329 e. The van der Waals surface area contributed by atoms with Crippen molar-refractivity contribution in [3.8, 4) is 0 Å². The number of nitrogens with one attached hydrogen (secondary N) is 2. The highest BCUT2D eigenvalue weighted by molar-refractivity contribution is 6.40. The number of hydrogen-bond donors (Lipinski definition) is 2. The highest BCUT2D eigenvalue weighted by atomic mass is 16.6. The van der Waals surface area contributed by atoms with E-state index in [0.717, 1.165) is 6.21 Å². The summed E-state index contributed by atoms with van der Waals surface area (Å²) in [4.78, 5) is 49.0. The molecule has 2 N–H and O–H groups in total. The highest BCUT2D eigenvalue weighted by Gasteiger charge is 2.23. The molecule has 1 saturated heterocycles. The molecule has 0 atom stereocenters. The summed E-state index contributed by atoms with van der Waals surface area (Å²) in [5, 5.41) is 17.0. The average molecular weight is 425 g/mol. The van der Waals surface area contributed by atoms with E-state index < -0.39 is 16.7 Å². The topological polar surface area (TPSA) is 143 Å². The Kier molecular flexibility index (Phi) is 7.01. The Hall–Kier alpha value is -4.12. The predicted molar refractivity (Wildman–Crippen MR) is 111 cm³/mol. The van der Waals surface area contributed by atoms with Crippen molar-refractivity contribution >= 4 is 35.3 Å². The van der Waals surface area contributed by atoms with Crippen LogP contribution >= 0.6 is 0 Å². The molecule has 160 valence electrons. The van der Waals surface area contributed by atoms with Crippen molar-refractivity contribution in [1.29, 1.82) is 0 Å². The van der Waals surface area contributed by atoms with Gasteiger partial charge in [-0.15, -0.1) is 0 Å². The molecule has 0 radical (unpaired) electrons. The zero-order valence-electron chi connectivity index (χ0n) is 16.3. The summed E-state index contributed by atoms with van der Waals surface area (Å²) in [7, 11) is 0. The predicted octanol–water partition coefficient (Wildman–Crippen LogP) is 1.16. The van der Waals surface area contributed by atoms with Gasteiger partial charge >= 0.3 is 11.8 Å². The number of para-hydroxylation sites is 2. The van der Waals surface area contributed by atoms with Crippen molar-refractivity contribution in [3.63, 3.8) is 0 Å². The molecule has 0 saturated carbocycles. The SMILES string of the molecule is O=C(NN=Cc1ccccc1[N+](=O)[O-])C(=O)Nc1ccccc1C(=O)N1CCOCC1. The van der Waals surface area contributed by atoms with E-state index in [0.29, 0.717) is 26.3 Å². The Morgan fingerprint density at radius 2 is 1.71 bits per heavy atom. The first-order valence-corrected chi connectivity index (χ1v) is 9.31. The summed E-state index contributed by atoms with van der Waals surface area (Å²) in [5.41, 5.74) is 2.41. The maximum atomic E-state index is 12.7. The largest absolute Gasteiger partial charge is 0.378 e. The monoisotopic (exact) mass is 425 g/mol. The molecule has 3 amide bonds. The number of amides is 3. The van der Waals surface area contributed by atoms with Gasteiger partial charge in [-0.1, -0.05) is 24.3 Å². The molecule has 2 aromatic rings. The van der Waals surface area contributed by atoms with Crippen LogP contribution in [0.1, 0.15) is 15.9 Å². The van der Waals surface area contributed by atoms with Crippen LogP contribution in [0.15, 0.2) is 53.6 Å². The van der Waals surface area contributed by atoms with Crippen molar-refractivity contribution < 1.29 is 24.0 Å². The van der Waals surface area contributed by atoms with Gasteiger partial charge in [-0.05, 0) is 18.2 Å². The lowest BCUT2D eigenvalue weighted by molar-refractivity contribution is -0.385. The van der Waals surface area contributed by atoms with Crippen LogP contribution in [0.5, 0.6) is 0 Å². The van der Waals surface area contributed by atoms with E-state index in [9.17, 15) is 24.5 Å². The number of hydrazone groups is 1. The van der Waals surface area contributed by atoms with Crippen LogP contribution in [0, 0.1) is 10.1 Å². The van der Waals surface area contributed by atoms with Gasteiger partial charge in [0.25, 0.3) is 11.6 Å². The van der Waals surface area contributed by atoms with E-state index in [2.05, 4.69) is 10.4 Å². The van der Waals surface area contributed by atoms with Crippen LogP contribution in [-0.2, 0) is 14.3 Å². The van der Waals surface area contributed by atoms with E-state index in [1.54, 1.807) is 29.2 Å². The summed E-state index contributed by atoms with van der Waals surface area (Å²) in [6.45, 7) is 1.73. The minimum atomic E-state index is -1.09. The number of nitrogens with zero attached hydrogens (tertiary/aromatic N) is 3. The van der Waals surface area contributed by atoms with Crippen LogP contribution in [0.25, 0.3) is 0 Å². The Morgan fingerprint density at radius 3 is 2.45 bits per heavy atom. The summed E-state index contributed by atoms with van der Waals surface area (Å²) in [6.07, 6.45) is 1.07. The molecule has 31 heavy (non-hydrogen) atoms. The summed E-state index contributed by atoms with van der Waals surface area (Å²) in [6, 6.07) is 12.1. The summed E-state index contributed by atoms with van der Waals surface area (Å²) < 4.78 is 5.23. The number of rotatable bonds is 5. The minimum absolute atomic E-state index is 0.162. The number of ether oxygens (including phenoxy) is 1. The molecule has 2 aromatic carbocycles. The first kappa shape index (κ1) is 21.6. The number of benzene rings is 2. The first-order chi connectivity index (χ1) is 15.0. The van der Waals surface area contributed by atoms with Crippen molar-refractivity contribution in [3.05, 3.63) is 69.8 Å². The van der Waals surface area contributed by atoms with Crippen molar-refractivity contribution in [2.45, 2.75) is 0 Å². The molecule has 1 heterocycles. The lowest BCUT2D eigenvalue weighted by Crippen LogP contribution is -2.41. The van der Waals surface area contributed by atoms with E-state index in [-0.39, 0.29) is 28.4 Å². The van der Waals surface area contributed by atoms with Crippen molar-refractivity contribution in [1.82, 2.24) is 10.3 Å². The second-order valence-corrected chi connectivity index (χ2v) is 6.42. The van der Waals surface area contributed by atoms with Gasteiger partial charge in [-0.25, -0.2) is 5.43 Å². The van der Waals surface area contributed by atoms with Crippen LogP contribution in [0.3, 0.4) is 0 Å². The normalized spacial score (nSPS) is 13.6. The fourth-order valence-corrected chi connectivity index (χ4v) is 2.87. The number of carbonyl (C=O) groups excluding carboxylic acids is 3. The Bertz CT molecular complexity index is 1030. The lowest BCUT2D eigenvalue weighted by Gasteiger charge is -2.27. The molecule has 3 rings (SSSR count). The fourth-order valence-electron chi connectivity index (χ4n) is 2.87. The molecule has 0 aliphatic carbocycles. The van der Waals surface area contributed by atoms with Gasteiger partial charge in [0.1, 0.15) is 0 Å². The maximum absolute atomic E-state index is 12.7. The molecule has 0 spiro atoms. The third-order valence-corrected chi connectivity index (χ3v) is 4.41. The van der Waals surface area contributed by atoms with Crippen molar-refractivity contribution in [2.75, 3.05) is 31.6 Å². The molecule has 11 nitrogen and oxygen atoms in total. The number of carbonyl (C=O) groups is 3. The molecule has 1 fully saturated rings. The number of morpholine rings is 1. The quantitative estimate of drug-likeness (QED) is 0.318. The zero-order valence-corrected chi connectivity index (χ0v) is 16.3. The van der Waals surface area contributed by atoms with Gasteiger partial charge in [0.2, 0.25) is 0 Å². The summed E-state index contributed by atoms with van der Waals surface area (Å²) >= 11 is 0. The molecule has 1 aliphatic heterocycles. The zero-order chi connectivity index (χ0) is 22.2. The first-order valence-electron chi connectivity index (χ1n) is 9.31. The van der Waals surface area contributed by atoms with E-state index in [1.165, 1.54) is 24.3 Å². The second kappa shape index (κ2) is 10.1. The average Bonchev–Trinajstić information content (AvgIpc) is 2.79. The Balaban J connectivity index is 1.65. The number of hydrogen-bond acceptors (Lipinski definition) is 7. The molecule has 0 aromatic heterocycles. The molecule has 0 bridgehead atoms. The molecular formula is C20H19N5O6. The van der Waals surface area contributed by atoms with Gasteiger partial charge in [0.05, 0.1) is 41.2 Å². The maximum Gasteiger partial charge on any atom is 0.329 e. The molecule has 11 heteroatoms. The molecule has 0 unspecified atom stereocenters. The van der Waals surface area contributed by atoms with Gasteiger partial charge < -0.3 is 15.0 Å². The van der Waals surface area contributed by atoms with Crippen LogP contribution < -0.4 is 10.7 Å². The number of nitro benzene ring substituents is 1. The number of anilines is 1. The third kappa shape index (κ3) is 5.48. The van der Waals surface area contributed by atoms with Crippen LogP contribution in [-0.4, -0.2) is 60.1 Å². The van der Waals surface area contributed by atoms with Gasteiger partial charge in [-0.2, -0.15) is 5.10 Å². The van der Waals surface area contributed by atoms with Crippen LogP contribution in [0.4, 0.5) is 11.4 Å².